The van der Waals surface area contributed by atoms with Gasteiger partial charge in [0.05, 0.1) is 16.7 Å². The zero-order valence-corrected chi connectivity index (χ0v) is 13.5. The van der Waals surface area contributed by atoms with Gasteiger partial charge in [0.15, 0.2) is 0 Å². The van der Waals surface area contributed by atoms with Crippen molar-refractivity contribution in [2.75, 3.05) is 18.0 Å². The average Bonchev–Trinajstić information content (AvgIpc) is 3.16. The summed E-state index contributed by atoms with van der Waals surface area (Å²) in [5.41, 5.74) is 4.27. The first-order valence-corrected chi connectivity index (χ1v) is 7.92. The van der Waals surface area contributed by atoms with E-state index >= 15 is 0 Å². The number of pyridine rings is 1. The SMILES string of the molecule is O=C(N/N=C\c1cc([N+](=O)[O-])ccc1N1CCCC1)c1cccnc1. The fraction of sp³-hybridized carbons (Fsp3) is 0.235. The quantitative estimate of drug-likeness (QED) is 0.512. The molecule has 1 amide bonds. The van der Waals surface area contributed by atoms with Gasteiger partial charge in [-0.1, -0.05) is 0 Å². The molecule has 1 N–H and O–H groups in total. The Bertz CT molecular complexity index is 801. The Labute approximate surface area is 144 Å². The van der Waals surface area contributed by atoms with Crippen molar-refractivity contribution in [1.82, 2.24) is 10.4 Å². The van der Waals surface area contributed by atoms with Crippen molar-refractivity contribution in [3.05, 3.63) is 64.0 Å². The molecular formula is C17H17N5O3. The molecule has 1 aliphatic rings. The first-order valence-electron chi connectivity index (χ1n) is 7.92. The lowest BCUT2D eigenvalue weighted by Gasteiger charge is -2.19. The van der Waals surface area contributed by atoms with E-state index in [1.807, 2.05) is 0 Å². The highest BCUT2D eigenvalue weighted by molar-refractivity contribution is 5.95. The maximum Gasteiger partial charge on any atom is 0.272 e. The number of nitrogens with zero attached hydrogens (tertiary/aromatic N) is 4. The molecule has 3 rings (SSSR count). The zero-order valence-electron chi connectivity index (χ0n) is 13.5. The largest absolute Gasteiger partial charge is 0.371 e. The third-order valence-corrected chi connectivity index (χ3v) is 3.96. The highest BCUT2D eigenvalue weighted by atomic mass is 16.6. The van der Waals surface area contributed by atoms with Crippen LogP contribution in [0.4, 0.5) is 11.4 Å². The number of carbonyl (C=O) groups excluding carboxylic acids is 1. The van der Waals surface area contributed by atoms with Gasteiger partial charge in [-0.25, -0.2) is 5.43 Å². The molecule has 1 fully saturated rings. The number of nitro benzene ring substituents is 1. The molecule has 0 aliphatic carbocycles. The molecule has 2 aromatic rings. The van der Waals surface area contributed by atoms with E-state index in [0.717, 1.165) is 31.6 Å². The minimum absolute atomic E-state index is 0.0111. The summed E-state index contributed by atoms with van der Waals surface area (Å²) in [4.78, 5) is 28.6. The molecule has 0 saturated carbocycles. The van der Waals surface area contributed by atoms with Crippen molar-refractivity contribution < 1.29 is 9.72 Å². The molecule has 1 aliphatic heterocycles. The van der Waals surface area contributed by atoms with Gasteiger partial charge < -0.3 is 4.90 Å². The summed E-state index contributed by atoms with van der Waals surface area (Å²) >= 11 is 0. The number of nitro groups is 1. The molecule has 0 unspecified atom stereocenters. The Balaban J connectivity index is 1.80. The molecule has 0 spiro atoms. The van der Waals surface area contributed by atoms with Crippen molar-refractivity contribution in [1.29, 1.82) is 0 Å². The van der Waals surface area contributed by atoms with Crippen LogP contribution >= 0.6 is 0 Å². The van der Waals surface area contributed by atoms with E-state index in [1.165, 1.54) is 24.5 Å². The number of hydrazone groups is 1. The minimum atomic E-state index is -0.445. The number of rotatable bonds is 5. The zero-order chi connectivity index (χ0) is 17.6. The van der Waals surface area contributed by atoms with Gasteiger partial charge in [0.25, 0.3) is 11.6 Å². The fourth-order valence-corrected chi connectivity index (χ4v) is 2.73. The van der Waals surface area contributed by atoms with Crippen LogP contribution in [0.2, 0.25) is 0 Å². The molecule has 2 heterocycles. The molecule has 0 bridgehead atoms. The molecule has 8 heteroatoms. The first kappa shape index (κ1) is 16.6. The normalized spacial score (nSPS) is 14.0. The first-order chi connectivity index (χ1) is 12.1. The third-order valence-electron chi connectivity index (χ3n) is 3.96. The average molecular weight is 339 g/mol. The fourth-order valence-electron chi connectivity index (χ4n) is 2.73. The van der Waals surface area contributed by atoms with E-state index in [-0.39, 0.29) is 5.69 Å². The van der Waals surface area contributed by atoms with Crippen molar-refractivity contribution in [2.24, 2.45) is 5.10 Å². The van der Waals surface area contributed by atoms with Crippen LogP contribution in [0.5, 0.6) is 0 Å². The Morgan fingerprint density at radius 1 is 1.32 bits per heavy atom. The summed E-state index contributed by atoms with van der Waals surface area (Å²) in [6, 6.07) is 7.96. The van der Waals surface area contributed by atoms with E-state index in [2.05, 4.69) is 20.4 Å². The summed E-state index contributed by atoms with van der Waals surface area (Å²) in [6.07, 6.45) is 6.63. The lowest BCUT2D eigenvalue weighted by molar-refractivity contribution is -0.384. The summed E-state index contributed by atoms with van der Waals surface area (Å²) in [5.74, 6) is -0.391. The molecule has 25 heavy (non-hydrogen) atoms. The van der Waals surface area contributed by atoms with Gasteiger partial charge in [-0.3, -0.25) is 19.9 Å². The lowest BCUT2D eigenvalue weighted by atomic mass is 10.1. The topological polar surface area (TPSA) is 101 Å². The second kappa shape index (κ2) is 7.52. The number of amides is 1. The Morgan fingerprint density at radius 2 is 2.12 bits per heavy atom. The van der Waals surface area contributed by atoms with Crippen LogP contribution in [0.25, 0.3) is 0 Å². The molecule has 0 atom stereocenters. The van der Waals surface area contributed by atoms with Crippen LogP contribution in [-0.4, -0.2) is 35.1 Å². The second-order valence-electron chi connectivity index (χ2n) is 5.64. The number of non-ortho nitro benzene ring substituents is 1. The van der Waals surface area contributed by atoms with Crippen molar-refractivity contribution in [3.8, 4) is 0 Å². The van der Waals surface area contributed by atoms with Gasteiger partial charge in [0, 0.05) is 48.9 Å². The molecule has 128 valence electrons. The summed E-state index contributed by atoms with van der Waals surface area (Å²) in [5, 5.41) is 15.0. The third kappa shape index (κ3) is 3.97. The summed E-state index contributed by atoms with van der Waals surface area (Å²) < 4.78 is 0. The van der Waals surface area contributed by atoms with Crippen LogP contribution in [-0.2, 0) is 0 Å². The monoisotopic (exact) mass is 339 g/mol. The van der Waals surface area contributed by atoms with Crippen LogP contribution in [0.3, 0.4) is 0 Å². The Hall–Kier alpha value is -3.29. The molecule has 1 aromatic carbocycles. The van der Waals surface area contributed by atoms with E-state index in [4.69, 9.17) is 0 Å². The molecule has 1 saturated heterocycles. The highest BCUT2D eigenvalue weighted by Gasteiger charge is 2.18. The predicted molar refractivity (Wildman–Crippen MR) is 93.8 cm³/mol. The van der Waals surface area contributed by atoms with E-state index < -0.39 is 10.8 Å². The van der Waals surface area contributed by atoms with Crippen molar-refractivity contribution >= 4 is 23.5 Å². The number of benzene rings is 1. The lowest BCUT2D eigenvalue weighted by Crippen LogP contribution is -2.20. The predicted octanol–water partition coefficient (Wildman–Crippen LogP) is 2.35. The van der Waals surface area contributed by atoms with Gasteiger partial charge in [0.1, 0.15) is 0 Å². The maximum absolute atomic E-state index is 12.0. The van der Waals surface area contributed by atoms with Crippen molar-refractivity contribution in [2.45, 2.75) is 12.8 Å². The Kier molecular flexibility index (Phi) is 4.98. The second-order valence-corrected chi connectivity index (χ2v) is 5.64. The van der Waals surface area contributed by atoms with Crippen LogP contribution in [0, 0.1) is 10.1 Å². The van der Waals surface area contributed by atoms with Crippen LogP contribution in [0.15, 0.2) is 47.8 Å². The van der Waals surface area contributed by atoms with Gasteiger partial charge in [0.2, 0.25) is 0 Å². The number of carbonyl (C=O) groups is 1. The van der Waals surface area contributed by atoms with Gasteiger partial charge in [-0.05, 0) is 31.0 Å². The molecule has 1 aromatic heterocycles. The minimum Gasteiger partial charge on any atom is -0.371 e. The number of nitrogens with one attached hydrogen (secondary N) is 1. The number of anilines is 1. The smallest absolute Gasteiger partial charge is 0.272 e. The highest BCUT2D eigenvalue weighted by Crippen LogP contribution is 2.27. The van der Waals surface area contributed by atoms with E-state index in [1.54, 1.807) is 24.4 Å². The molecule has 0 radical (unpaired) electrons. The summed E-state index contributed by atoms with van der Waals surface area (Å²) in [7, 11) is 0. The van der Waals surface area contributed by atoms with Gasteiger partial charge in [-0.15, -0.1) is 0 Å². The Morgan fingerprint density at radius 3 is 2.80 bits per heavy atom. The summed E-state index contributed by atoms with van der Waals surface area (Å²) in [6.45, 7) is 1.81. The van der Waals surface area contributed by atoms with Crippen LogP contribution in [0.1, 0.15) is 28.8 Å². The number of hydrogen-bond acceptors (Lipinski definition) is 6. The van der Waals surface area contributed by atoms with Crippen LogP contribution < -0.4 is 10.3 Å². The molecule has 8 nitrogen and oxygen atoms in total. The number of aromatic nitrogens is 1. The van der Waals surface area contributed by atoms with Gasteiger partial charge >= 0.3 is 0 Å². The maximum atomic E-state index is 12.0. The van der Waals surface area contributed by atoms with E-state index in [9.17, 15) is 14.9 Å². The number of hydrogen-bond donors (Lipinski definition) is 1. The van der Waals surface area contributed by atoms with Crippen molar-refractivity contribution in [3.63, 3.8) is 0 Å². The van der Waals surface area contributed by atoms with Gasteiger partial charge in [-0.2, -0.15) is 5.10 Å². The molecular weight excluding hydrogens is 322 g/mol. The van der Waals surface area contributed by atoms with E-state index in [0.29, 0.717) is 11.1 Å². The standard InChI is InChI=1S/C17H17N5O3/c23-17(13-4-3-7-18-11-13)20-19-12-14-10-15(22(24)25)5-6-16(14)21-8-1-2-9-21/h3-7,10-12H,1-2,8-9H2,(H,20,23)/b19-12-.